The van der Waals surface area contributed by atoms with Gasteiger partial charge < -0.3 is 19.7 Å². The first kappa shape index (κ1) is 14.5. The lowest BCUT2D eigenvalue weighted by molar-refractivity contribution is 0.275. The molecule has 0 aromatic carbocycles. The van der Waals surface area contributed by atoms with Crippen molar-refractivity contribution < 1.29 is 19.2 Å². The van der Waals surface area contributed by atoms with Gasteiger partial charge in [0.05, 0.1) is 0 Å². The predicted molar refractivity (Wildman–Crippen MR) is 57.1 cm³/mol. The molecule has 88 valence electrons. The second kappa shape index (κ2) is 8.75. The van der Waals surface area contributed by atoms with E-state index in [2.05, 4.69) is 15.0 Å². The Labute approximate surface area is 92.1 Å². The van der Waals surface area contributed by atoms with Gasteiger partial charge in [-0.05, 0) is 18.2 Å². The van der Waals surface area contributed by atoms with Crippen molar-refractivity contribution in [1.29, 1.82) is 0 Å². The van der Waals surface area contributed by atoms with Gasteiger partial charge in [-0.1, -0.05) is 0 Å². The molecule has 0 aliphatic carbocycles. The molecule has 7 nitrogen and oxygen atoms in total. The van der Waals surface area contributed by atoms with Crippen molar-refractivity contribution in [2.24, 2.45) is 0 Å². The van der Waals surface area contributed by atoms with Crippen LogP contribution < -0.4 is 0 Å². The van der Waals surface area contributed by atoms with E-state index in [1.54, 1.807) is 18.5 Å². The topological polar surface area (TPSA) is 119 Å². The molecule has 0 bridgehead atoms. The first-order valence-electron chi connectivity index (χ1n) is 4.06. The zero-order chi connectivity index (χ0) is 12.3. The number of hydrogen-bond acceptors (Lipinski definition) is 3. The van der Waals surface area contributed by atoms with Crippen LogP contribution in [0.2, 0.25) is 0 Å². The van der Waals surface area contributed by atoms with E-state index in [0.717, 1.165) is 0 Å². The molecule has 2 aromatic heterocycles. The van der Waals surface area contributed by atoms with Crippen molar-refractivity contribution in [1.82, 2.24) is 15.0 Å². The third-order valence-corrected chi connectivity index (χ3v) is 0.974. The third kappa shape index (κ3) is 18.3. The van der Waals surface area contributed by atoms with Crippen LogP contribution in [0.25, 0.3) is 0 Å². The molecule has 0 aliphatic rings. The van der Waals surface area contributed by atoms with E-state index < -0.39 is 7.82 Å². The van der Waals surface area contributed by atoms with Crippen LogP contribution in [0.4, 0.5) is 0 Å². The first-order valence-corrected chi connectivity index (χ1v) is 5.62. The van der Waals surface area contributed by atoms with E-state index in [9.17, 15) is 0 Å². The van der Waals surface area contributed by atoms with Gasteiger partial charge in [0.25, 0.3) is 0 Å². The highest BCUT2D eigenvalue weighted by molar-refractivity contribution is 7.45. The summed E-state index contributed by atoms with van der Waals surface area (Å²) < 4.78 is 8.88. The fraction of sp³-hybridized carbons (Fsp3) is 0. The quantitative estimate of drug-likeness (QED) is 0.503. The van der Waals surface area contributed by atoms with Gasteiger partial charge in [-0.25, -0.2) is 14.5 Å². The van der Waals surface area contributed by atoms with Gasteiger partial charge in [0, 0.05) is 24.8 Å². The van der Waals surface area contributed by atoms with Crippen molar-refractivity contribution in [3.8, 4) is 0 Å². The first-order chi connectivity index (χ1) is 7.50. The summed E-state index contributed by atoms with van der Waals surface area (Å²) in [5, 5.41) is 0. The van der Waals surface area contributed by atoms with Gasteiger partial charge >= 0.3 is 7.82 Å². The van der Waals surface area contributed by atoms with Gasteiger partial charge in [-0.3, -0.25) is 0 Å². The van der Waals surface area contributed by atoms with Gasteiger partial charge in [0.1, 0.15) is 6.33 Å². The van der Waals surface area contributed by atoms with Gasteiger partial charge in [0.2, 0.25) is 0 Å². The molecule has 0 spiro atoms. The fourth-order valence-corrected chi connectivity index (χ4v) is 0.531. The predicted octanol–water partition coefficient (Wildman–Crippen LogP) is 0.563. The standard InChI is InChI=1S/C4H4N2.C4H5N.H3O4P/c1-2-5-4-6-3-1;1-2-4-5-3-1;1-5(2,3)4/h1-4H;1-5H;(H3,1,2,3,4). The monoisotopic (exact) mass is 245 g/mol. The van der Waals surface area contributed by atoms with Crippen LogP contribution in [-0.4, -0.2) is 29.6 Å². The number of phosphoric acid groups is 1. The zero-order valence-electron chi connectivity index (χ0n) is 8.21. The van der Waals surface area contributed by atoms with Crippen LogP contribution in [0, 0.1) is 0 Å². The maximum Gasteiger partial charge on any atom is 0.466 e. The average molecular weight is 245 g/mol. The van der Waals surface area contributed by atoms with E-state index in [4.69, 9.17) is 19.2 Å². The molecule has 0 radical (unpaired) electrons. The third-order valence-electron chi connectivity index (χ3n) is 0.974. The molecule has 0 unspecified atom stereocenters. The molecule has 0 amide bonds. The highest BCUT2D eigenvalue weighted by atomic mass is 31.2. The smallest absolute Gasteiger partial charge is 0.368 e. The summed E-state index contributed by atoms with van der Waals surface area (Å²) in [4.78, 5) is 31.8. The van der Waals surface area contributed by atoms with Gasteiger partial charge in [-0.2, -0.15) is 0 Å². The molecule has 0 aliphatic heterocycles. The minimum absolute atomic E-state index is 1.50. The lowest BCUT2D eigenvalue weighted by Gasteiger charge is -1.82. The molecule has 4 N–H and O–H groups in total. The summed E-state index contributed by atoms with van der Waals surface area (Å²) in [6, 6.07) is 5.67. The van der Waals surface area contributed by atoms with E-state index in [-0.39, 0.29) is 0 Å². The molecular formula is C8H12N3O4P. The fourth-order valence-electron chi connectivity index (χ4n) is 0.531. The van der Waals surface area contributed by atoms with E-state index in [1.807, 2.05) is 24.5 Å². The molecule has 0 saturated carbocycles. The van der Waals surface area contributed by atoms with Crippen molar-refractivity contribution in [3.63, 3.8) is 0 Å². The van der Waals surface area contributed by atoms with Crippen LogP contribution in [0.15, 0.2) is 49.3 Å². The second-order valence-electron chi connectivity index (χ2n) is 2.30. The summed E-state index contributed by atoms with van der Waals surface area (Å²) in [6.07, 6.45) is 8.62. The molecule has 2 rings (SSSR count). The molecule has 16 heavy (non-hydrogen) atoms. The van der Waals surface area contributed by atoms with Crippen molar-refractivity contribution in [2.45, 2.75) is 0 Å². The molecule has 8 heteroatoms. The number of aromatic amines is 1. The number of nitrogens with zero attached hydrogens (tertiary/aromatic N) is 2. The lowest BCUT2D eigenvalue weighted by atomic mass is 10.7. The lowest BCUT2D eigenvalue weighted by Crippen LogP contribution is -1.66. The maximum absolute atomic E-state index is 8.88. The highest BCUT2D eigenvalue weighted by Crippen LogP contribution is 2.25. The molecular weight excluding hydrogens is 233 g/mol. The number of hydrogen-bond donors (Lipinski definition) is 4. The summed E-state index contributed by atoms with van der Waals surface area (Å²) in [5.74, 6) is 0. The SMILES string of the molecule is O=P(O)(O)O.c1cc[nH]c1.c1cncnc1. The van der Waals surface area contributed by atoms with Crippen LogP contribution in [0.3, 0.4) is 0 Å². The Kier molecular flexibility index (Phi) is 7.92. The second-order valence-corrected chi connectivity index (χ2v) is 3.33. The van der Waals surface area contributed by atoms with Crippen LogP contribution in [0.5, 0.6) is 0 Å². The summed E-state index contributed by atoms with van der Waals surface area (Å²) in [6.45, 7) is 0. The van der Waals surface area contributed by atoms with Gasteiger partial charge in [-0.15, -0.1) is 0 Å². The molecule has 0 atom stereocenters. The zero-order valence-corrected chi connectivity index (χ0v) is 9.10. The van der Waals surface area contributed by atoms with Crippen LogP contribution >= 0.6 is 7.82 Å². The average Bonchev–Trinajstić information content (AvgIpc) is 2.75. The highest BCUT2D eigenvalue weighted by Gasteiger charge is 2.00. The summed E-state index contributed by atoms with van der Waals surface area (Å²) >= 11 is 0. The van der Waals surface area contributed by atoms with Crippen LogP contribution in [-0.2, 0) is 4.57 Å². The summed E-state index contributed by atoms with van der Waals surface area (Å²) in [7, 11) is -4.64. The van der Waals surface area contributed by atoms with E-state index >= 15 is 0 Å². The van der Waals surface area contributed by atoms with Crippen molar-refractivity contribution in [2.75, 3.05) is 0 Å². The molecule has 0 fully saturated rings. The van der Waals surface area contributed by atoms with Crippen molar-refractivity contribution >= 4 is 7.82 Å². The molecule has 0 saturated heterocycles. The largest absolute Gasteiger partial charge is 0.466 e. The van der Waals surface area contributed by atoms with Gasteiger partial charge in [0.15, 0.2) is 0 Å². The molecule has 2 aromatic rings. The normalized spacial score (nSPS) is 9.19. The summed E-state index contributed by atoms with van der Waals surface area (Å²) in [5.41, 5.74) is 0. The maximum atomic E-state index is 8.88. The molecule has 2 heterocycles. The Morgan fingerprint density at radius 1 is 0.938 bits per heavy atom. The van der Waals surface area contributed by atoms with E-state index in [0.29, 0.717) is 0 Å². The Morgan fingerprint density at radius 3 is 1.50 bits per heavy atom. The minimum atomic E-state index is -4.64. The number of nitrogens with one attached hydrogen (secondary N) is 1. The Bertz CT molecular complexity index is 323. The van der Waals surface area contributed by atoms with E-state index in [1.165, 1.54) is 6.33 Å². The number of H-pyrrole nitrogens is 1. The Balaban J connectivity index is 0.000000213. The van der Waals surface area contributed by atoms with Crippen molar-refractivity contribution in [3.05, 3.63) is 49.3 Å². The Hall–Kier alpha value is -1.53. The Morgan fingerprint density at radius 2 is 1.38 bits per heavy atom. The number of rotatable bonds is 0. The number of aromatic nitrogens is 3. The minimum Gasteiger partial charge on any atom is -0.368 e. The van der Waals surface area contributed by atoms with Crippen LogP contribution in [0.1, 0.15) is 0 Å².